The molecule has 0 amide bonds. The predicted molar refractivity (Wildman–Crippen MR) is 102 cm³/mol. The molecule has 2 N–H and O–H groups in total. The number of nitrogens with zero attached hydrogens (tertiary/aromatic N) is 3. The Bertz CT molecular complexity index is 666. The number of imidazole rings is 1. The van der Waals surface area contributed by atoms with Gasteiger partial charge in [0.15, 0.2) is 5.96 Å². The lowest BCUT2D eigenvalue weighted by molar-refractivity contribution is 0.215. The molecular formula is C19H29N5O. The van der Waals surface area contributed by atoms with E-state index < -0.39 is 0 Å². The summed E-state index contributed by atoms with van der Waals surface area (Å²) in [6.45, 7) is 8.59. The van der Waals surface area contributed by atoms with Crippen molar-refractivity contribution >= 4 is 5.96 Å². The minimum Gasteiger partial charge on any atom is -0.490 e. The predicted octanol–water partition coefficient (Wildman–Crippen LogP) is 2.73. The van der Waals surface area contributed by atoms with Crippen LogP contribution in [-0.2, 0) is 13.1 Å². The molecule has 136 valence electrons. The van der Waals surface area contributed by atoms with Crippen molar-refractivity contribution in [3.63, 3.8) is 0 Å². The zero-order valence-electron chi connectivity index (χ0n) is 15.6. The third-order valence-electron chi connectivity index (χ3n) is 4.02. The van der Waals surface area contributed by atoms with Crippen LogP contribution in [0.4, 0.5) is 0 Å². The highest BCUT2D eigenvalue weighted by molar-refractivity contribution is 5.79. The Kier molecular flexibility index (Phi) is 7.32. The summed E-state index contributed by atoms with van der Waals surface area (Å²) in [5.74, 6) is 1.71. The van der Waals surface area contributed by atoms with E-state index in [2.05, 4.69) is 59.6 Å². The highest BCUT2D eigenvalue weighted by atomic mass is 16.5. The number of aromatic nitrogens is 2. The van der Waals surface area contributed by atoms with E-state index in [4.69, 9.17) is 4.74 Å². The Morgan fingerprint density at radius 1 is 1.36 bits per heavy atom. The van der Waals surface area contributed by atoms with Crippen LogP contribution in [0.15, 0.2) is 41.9 Å². The number of guanidine groups is 1. The fraction of sp³-hybridized carbons (Fsp3) is 0.474. The summed E-state index contributed by atoms with van der Waals surface area (Å²) in [5, 5.41) is 6.66. The monoisotopic (exact) mass is 343 g/mol. The molecule has 1 aromatic carbocycles. The molecule has 0 radical (unpaired) electrons. The van der Waals surface area contributed by atoms with Crippen molar-refractivity contribution in [1.29, 1.82) is 0 Å². The Morgan fingerprint density at radius 2 is 2.20 bits per heavy atom. The van der Waals surface area contributed by atoms with Gasteiger partial charge in [0.25, 0.3) is 0 Å². The maximum Gasteiger partial charge on any atom is 0.191 e. The van der Waals surface area contributed by atoms with Crippen molar-refractivity contribution in [2.24, 2.45) is 4.99 Å². The Labute approximate surface area is 150 Å². The number of benzene rings is 1. The summed E-state index contributed by atoms with van der Waals surface area (Å²) in [4.78, 5) is 8.31. The van der Waals surface area contributed by atoms with E-state index in [9.17, 15) is 0 Å². The number of hydrogen-bond donors (Lipinski definition) is 2. The first-order valence-corrected chi connectivity index (χ1v) is 8.78. The van der Waals surface area contributed by atoms with Crippen LogP contribution in [-0.4, -0.2) is 35.2 Å². The Balaban J connectivity index is 1.89. The number of ether oxygens (including phenoxy) is 1. The van der Waals surface area contributed by atoms with Gasteiger partial charge in [-0.2, -0.15) is 0 Å². The average Bonchev–Trinajstić information content (AvgIpc) is 3.12. The molecule has 0 saturated carbocycles. The lowest BCUT2D eigenvalue weighted by atomic mass is 10.1. The van der Waals surface area contributed by atoms with Gasteiger partial charge >= 0.3 is 0 Å². The number of nitrogens with one attached hydrogen (secondary N) is 2. The first-order valence-electron chi connectivity index (χ1n) is 8.78. The molecule has 0 saturated heterocycles. The molecule has 1 atom stereocenters. The van der Waals surface area contributed by atoms with Crippen LogP contribution in [0.2, 0.25) is 0 Å². The molecule has 0 bridgehead atoms. The van der Waals surface area contributed by atoms with Crippen molar-refractivity contribution < 1.29 is 4.74 Å². The smallest absolute Gasteiger partial charge is 0.191 e. The number of hydrogen-bond acceptors (Lipinski definition) is 3. The van der Waals surface area contributed by atoms with Gasteiger partial charge in [-0.3, -0.25) is 4.99 Å². The second kappa shape index (κ2) is 9.71. The molecule has 0 aliphatic rings. The average molecular weight is 343 g/mol. The van der Waals surface area contributed by atoms with Crippen LogP contribution in [0.1, 0.15) is 31.4 Å². The second-order valence-electron chi connectivity index (χ2n) is 6.10. The van der Waals surface area contributed by atoms with Gasteiger partial charge in [-0.05, 0) is 31.9 Å². The highest BCUT2D eigenvalue weighted by Gasteiger charge is 2.08. The first-order chi connectivity index (χ1) is 12.1. The SMILES string of the molecule is CCC(C)Oc1cc(C)ccc1CNC(=NC)NCCn1ccnc1. The maximum absolute atomic E-state index is 6.06. The minimum atomic E-state index is 0.202. The molecule has 0 fully saturated rings. The van der Waals surface area contributed by atoms with E-state index in [1.807, 2.05) is 17.1 Å². The van der Waals surface area contributed by atoms with Gasteiger partial charge in [0.2, 0.25) is 0 Å². The van der Waals surface area contributed by atoms with Crippen LogP contribution < -0.4 is 15.4 Å². The van der Waals surface area contributed by atoms with E-state index in [0.717, 1.165) is 36.8 Å². The van der Waals surface area contributed by atoms with Crippen molar-refractivity contribution in [1.82, 2.24) is 20.2 Å². The van der Waals surface area contributed by atoms with E-state index in [-0.39, 0.29) is 6.10 Å². The lowest BCUT2D eigenvalue weighted by Gasteiger charge is -2.18. The van der Waals surface area contributed by atoms with Crippen LogP contribution >= 0.6 is 0 Å². The van der Waals surface area contributed by atoms with Gasteiger partial charge in [-0.1, -0.05) is 19.1 Å². The molecule has 2 rings (SSSR count). The Morgan fingerprint density at radius 3 is 2.88 bits per heavy atom. The van der Waals surface area contributed by atoms with E-state index in [1.165, 1.54) is 5.56 Å². The summed E-state index contributed by atoms with van der Waals surface area (Å²) in [6.07, 6.45) is 6.72. The molecule has 1 aromatic heterocycles. The summed E-state index contributed by atoms with van der Waals surface area (Å²) in [6, 6.07) is 6.31. The quantitative estimate of drug-likeness (QED) is 0.571. The van der Waals surface area contributed by atoms with Gasteiger partial charge in [0.1, 0.15) is 5.75 Å². The third-order valence-corrected chi connectivity index (χ3v) is 4.02. The molecule has 25 heavy (non-hydrogen) atoms. The number of rotatable bonds is 8. The lowest BCUT2D eigenvalue weighted by Crippen LogP contribution is -2.38. The van der Waals surface area contributed by atoms with Gasteiger partial charge in [-0.25, -0.2) is 4.98 Å². The Hall–Kier alpha value is -2.50. The molecule has 1 unspecified atom stereocenters. The van der Waals surface area contributed by atoms with Crippen LogP contribution in [0, 0.1) is 6.92 Å². The summed E-state index contributed by atoms with van der Waals surface area (Å²) in [7, 11) is 1.78. The fourth-order valence-electron chi connectivity index (χ4n) is 2.34. The molecular weight excluding hydrogens is 314 g/mol. The molecule has 6 nitrogen and oxygen atoms in total. The number of aliphatic imine (C=N–C) groups is 1. The molecule has 0 spiro atoms. The second-order valence-corrected chi connectivity index (χ2v) is 6.10. The summed E-state index contributed by atoms with van der Waals surface area (Å²) < 4.78 is 8.09. The molecule has 1 heterocycles. The van der Waals surface area contributed by atoms with Crippen molar-refractivity contribution in [3.8, 4) is 5.75 Å². The van der Waals surface area contributed by atoms with E-state index in [1.54, 1.807) is 13.2 Å². The molecule has 6 heteroatoms. The standard InChI is InChI=1S/C19H29N5O/c1-5-16(3)25-18-12-15(2)6-7-17(18)13-23-19(20-4)22-9-11-24-10-8-21-14-24/h6-8,10,12,14,16H,5,9,11,13H2,1-4H3,(H2,20,22,23). The zero-order chi connectivity index (χ0) is 18.1. The molecule has 2 aromatic rings. The fourth-order valence-corrected chi connectivity index (χ4v) is 2.34. The zero-order valence-corrected chi connectivity index (χ0v) is 15.6. The first kappa shape index (κ1) is 18.8. The maximum atomic E-state index is 6.06. The molecule has 0 aliphatic carbocycles. The van der Waals surface area contributed by atoms with Gasteiger partial charge in [-0.15, -0.1) is 0 Å². The molecule has 0 aliphatic heterocycles. The van der Waals surface area contributed by atoms with Gasteiger partial charge in [0, 0.05) is 44.6 Å². The normalized spacial score (nSPS) is 12.7. The van der Waals surface area contributed by atoms with Gasteiger partial charge < -0.3 is 19.9 Å². The van der Waals surface area contributed by atoms with Gasteiger partial charge in [0.05, 0.1) is 12.4 Å². The number of aryl methyl sites for hydroxylation is 1. The van der Waals surface area contributed by atoms with E-state index >= 15 is 0 Å². The van der Waals surface area contributed by atoms with E-state index in [0.29, 0.717) is 6.54 Å². The summed E-state index contributed by atoms with van der Waals surface area (Å²) >= 11 is 0. The van der Waals surface area contributed by atoms with Crippen molar-refractivity contribution in [2.45, 2.75) is 46.4 Å². The third kappa shape index (κ3) is 6.14. The largest absolute Gasteiger partial charge is 0.490 e. The van der Waals surface area contributed by atoms with Crippen LogP contribution in [0.5, 0.6) is 5.75 Å². The highest BCUT2D eigenvalue weighted by Crippen LogP contribution is 2.22. The van der Waals surface area contributed by atoms with Crippen LogP contribution in [0.3, 0.4) is 0 Å². The van der Waals surface area contributed by atoms with Crippen LogP contribution in [0.25, 0.3) is 0 Å². The minimum absolute atomic E-state index is 0.202. The van der Waals surface area contributed by atoms with Crippen molar-refractivity contribution in [3.05, 3.63) is 48.0 Å². The van der Waals surface area contributed by atoms with Crippen molar-refractivity contribution in [2.75, 3.05) is 13.6 Å². The summed E-state index contributed by atoms with van der Waals surface area (Å²) in [5.41, 5.74) is 2.33. The topological polar surface area (TPSA) is 63.5 Å².